The highest BCUT2D eigenvalue weighted by Crippen LogP contribution is 2.21. The maximum Gasteiger partial charge on any atom is 0.325 e. The van der Waals surface area contributed by atoms with Crippen LogP contribution >= 0.6 is 0 Å². The molecular formula is C10H10F2N2O5. The van der Waals surface area contributed by atoms with Gasteiger partial charge >= 0.3 is 11.8 Å². The summed E-state index contributed by atoms with van der Waals surface area (Å²) in [7, 11) is 0. The summed E-state index contributed by atoms with van der Waals surface area (Å²) in [5, 5.41) is 10.5. The SMILES string of the molecule is CCOC(=O)Cc1c(C(F)F)[nH]c([N+](=O)[O-])cc1=O. The summed E-state index contributed by atoms with van der Waals surface area (Å²) in [6.07, 6.45) is -3.81. The number of hydrogen-bond acceptors (Lipinski definition) is 5. The Morgan fingerprint density at radius 1 is 1.58 bits per heavy atom. The van der Waals surface area contributed by atoms with E-state index in [0.717, 1.165) is 0 Å². The third-order valence-corrected chi connectivity index (χ3v) is 2.19. The number of esters is 1. The lowest BCUT2D eigenvalue weighted by Gasteiger charge is -2.06. The smallest absolute Gasteiger partial charge is 0.325 e. The fraction of sp³-hybridized carbons (Fsp3) is 0.400. The largest absolute Gasteiger partial charge is 0.466 e. The maximum atomic E-state index is 12.7. The second-order valence-corrected chi connectivity index (χ2v) is 3.45. The van der Waals surface area contributed by atoms with Crippen LogP contribution in [0.4, 0.5) is 14.6 Å². The lowest BCUT2D eigenvalue weighted by atomic mass is 10.1. The monoisotopic (exact) mass is 276 g/mol. The molecule has 0 saturated heterocycles. The molecule has 1 N–H and O–H groups in total. The van der Waals surface area contributed by atoms with Gasteiger partial charge in [-0.25, -0.2) is 13.8 Å². The molecule has 9 heteroatoms. The van der Waals surface area contributed by atoms with Gasteiger partial charge in [-0.15, -0.1) is 0 Å². The number of hydrogen-bond donors (Lipinski definition) is 1. The van der Waals surface area contributed by atoms with Crippen LogP contribution in [-0.2, 0) is 16.0 Å². The summed E-state index contributed by atoms with van der Waals surface area (Å²) in [6, 6.07) is 0.556. The number of nitrogens with zero attached hydrogens (tertiary/aromatic N) is 1. The van der Waals surface area contributed by atoms with Gasteiger partial charge in [0.15, 0.2) is 11.1 Å². The number of nitro groups is 1. The Labute approximate surface area is 105 Å². The molecule has 7 nitrogen and oxygen atoms in total. The minimum atomic E-state index is -3.14. The van der Waals surface area contributed by atoms with Crippen molar-refractivity contribution >= 4 is 11.8 Å². The summed E-state index contributed by atoms with van der Waals surface area (Å²) in [4.78, 5) is 34.1. The number of alkyl halides is 2. The molecule has 0 saturated carbocycles. The first-order valence-corrected chi connectivity index (χ1v) is 5.21. The van der Waals surface area contributed by atoms with Crippen molar-refractivity contribution in [2.75, 3.05) is 6.61 Å². The van der Waals surface area contributed by atoms with Crippen LogP contribution in [0.5, 0.6) is 0 Å². The molecule has 1 aromatic rings. The van der Waals surface area contributed by atoms with E-state index in [1.54, 1.807) is 0 Å². The molecule has 0 aliphatic rings. The Kier molecular flexibility index (Phi) is 4.67. The summed E-state index contributed by atoms with van der Waals surface area (Å²) >= 11 is 0. The molecule has 0 amide bonds. The van der Waals surface area contributed by atoms with Crippen LogP contribution in [0.15, 0.2) is 10.9 Å². The van der Waals surface area contributed by atoms with Gasteiger partial charge in [-0.3, -0.25) is 9.59 Å². The third kappa shape index (κ3) is 3.57. The van der Waals surface area contributed by atoms with Gasteiger partial charge in [0.25, 0.3) is 6.43 Å². The normalized spacial score (nSPS) is 10.5. The Morgan fingerprint density at radius 3 is 2.68 bits per heavy atom. The zero-order chi connectivity index (χ0) is 14.6. The van der Waals surface area contributed by atoms with Crippen LogP contribution in [0.2, 0.25) is 0 Å². The fourth-order valence-corrected chi connectivity index (χ4v) is 1.42. The Bertz CT molecular complexity index is 555. The van der Waals surface area contributed by atoms with Crippen LogP contribution in [0, 0.1) is 10.1 Å². The van der Waals surface area contributed by atoms with Gasteiger partial charge < -0.3 is 14.9 Å². The molecule has 1 heterocycles. The van der Waals surface area contributed by atoms with Gasteiger partial charge in [0.2, 0.25) is 0 Å². The molecule has 0 atom stereocenters. The average molecular weight is 276 g/mol. The van der Waals surface area contributed by atoms with Gasteiger partial charge in [0, 0.05) is 0 Å². The van der Waals surface area contributed by atoms with Crippen molar-refractivity contribution in [3.05, 3.63) is 37.7 Å². The standard InChI is InChI=1S/C10H10F2N2O5/c1-2-19-8(16)3-5-6(15)4-7(14(17)18)13-9(5)10(11)12/h4,10H,2-3H2,1H3,(H,13,15). The summed E-state index contributed by atoms with van der Waals surface area (Å²) < 4.78 is 30.0. The molecule has 0 radical (unpaired) electrons. The number of nitrogens with one attached hydrogen (secondary N) is 1. The molecule has 1 rings (SSSR count). The first kappa shape index (κ1) is 14.7. The van der Waals surface area contributed by atoms with E-state index in [4.69, 9.17) is 0 Å². The number of aromatic amines is 1. The molecule has 0 spiro atoms. The van der Waals surface area contributed by atoms with Gasteiger partial charge in [-0.2, -0.15) is 0 Å². The first-order chi connectivity index (χ1) is 8.86. The number of pyridine rings is 1. The highest BCUT2D eigenvalue weighted by atomic mass is 19.3. The van der Waals surface area contributed by atoms with E-state index in [1.807, 2.05) is 4.98 Å². The van der Waals surface area contributed by atoms with E-state index in [2.05, 4.69) is 4.74 Å². The van der Waals surface area contributed by atoms with E-state index in [0.29, 0.717) is 6.07 Å². The molecule has 0 aliphatic heterocycles. The van der Waals surface area contributed by atoms with Crippen LogP contribution < -0.4 is 5.43 Å². The molecule has 0 aromatic carbocycles. The quantitative estimate of drug-likeness (QED) is 0.496. The number of H-pyrrole nitrogens is 1. The van der Waals surface area contributed by atoms with Crippen molar-refractivity contribution < 1.29 is 23.2 Å². The van der Waals surface area contributed by atoms with E-state index in [-0.39, 0.29) is 6.61 Å². The van der Waals surface area contributed by atoms with Crippen molar-refractivity contribution in [3.63, 3.8) is 0 Å². The molecule has 0 unspecified atom stereocenters. The number of carbonyl (C=O) groups is 1. The molecule has 104 valence electrons. The van der Waals surface area contributed by atoms with Gasteiger partial charge in [0.05, 0.1) is 24.7 Å². The highest BCUT2D eigenvalue weighted by molar-refractivity contribution is 5.73. The van der Waals surface area contributed by atoms with Crippen LogP contribution in [0.3, 0.4) is 0 Å². The Balaban J connectivity index is 3.26. The lowest BCUT2D eigenvalue weighted by molar-refractivity contribution is -0.389. The average Bonchev–Trinajstić information content (AvgIpc) is 2.31. The molecule has 19 heavy (non-hydrogen) atoms. The predicted octanol–water partition coefficient (Wildman–Crippen LogP) is 1.33. The van der Waals surface area contributed by atoms with Gasteiger partial charge in [-0.1, -0.05) is 0 Å². The maximum absolute atomic E-state index is 12.7. The van der Waals surface area contributed by atoms with E-state index < -0.39 is 46.2 Å². The lowest BCUT2D eigenvalue weighted by Crippen LogP contribution is -2.20. The molecule has 1 aromatic heterocycles. The van der Waals surface area contributed by atoms with Crippen LogP contribution in [0.1, 0.15) is 24.6 Å². The zero-order valence-corrected chi connectivity index (χ0v) is 9.81. The first-order valence-electron chi connectivity index (χ1n) is 5.21. The zero-order valence-electron chi connectivity index (χ0n) is 9.81. The van der Waals surface area contributed by atoms with Crippen LogP contribution in [0.25, 0.3) is 0 Å². The van der Waals surface area contributed by atoms with E-state index in [9.17, 15) is 28.5 Å². The van der Waals surface area contributed by atoms with Crippen molar-refractivity contribution in [2.45, 2.75) is 19.8 Å². The van der Waals surface area contributed by atoms with Crippen molar-refractivity contribution in [3.8, 4) is 0 Å². The van der Waals surface area contributed by atoms with E-state index >= 15 is 0 Å². The van der Waals surface area contributed by atoms with Crippen molar-refractivity contribution in [1.82, 2.24) is 4.98 Å². The highest BCUT2D eigenvalue weighted by Gasteiger charge is 2.25. The van der Waals surface area contributed by atoms with E-state index in [1.165, 1.54) is 6.92 Å². The minimum absolute atomic E-state index is 0.0354. The van der Waals surface area contributed by atoms with Gasteiger partial charge in [-0.05, 0) is 11.8 Å². The Morgan fingerprint density at radius 2 is 2.21 bits per heavy atom. The number of ether oxygens (including phenoxy) is 1. The summed E-state index contributed by atoms with van der Waals surface area (Å²) in [5.41, 5.74) is -2.47. The fourth-order valence-electron chi connectivity index (χ4n) is 1.42. The predicted molar refractivity (Wildman–Crippen MR) is 59.0 cm³/mol. The number of carbonyl (C=O) groups excluding carboxylic acids is 1. The topological polar surface area (TPSA) is 102 Å². The minimum Gasteiger partial charge on any atom is -0.466 e. The Hall–Kier alpha value is -2.32. The molecule has 0 aliphatic carbocycles. The summed E-state index contributed by atoms with van der Waals surface area (Å²) in [6.45, 7) is 1.56. The molecule has 0 fully saturated rings. The number of aromatic nitrogens is 1. The van der Waals surface area contributed by atoms with Crippen molar-refractivity contribution in [1.29, 1.82) is 0 Å². The second kappa shape index (κ2) is 6.03. The van der Waals surface area contributed by atoms with Crippen molar-refractivity contribution in [2.24, 2.45) is 0 Å². The molecular weight excluding hydrogens is 266 g/mol. The van der Waals surface area contributed by atoms with Gasteiger partial charge in [0.1, 0.15) is 0 Å². The number of halogens is 2. The second-order valence-electron chi connectivity index (χ2n) is 3.45. The molecule has 0 bridgehead atoms. The van der Waals surface area contributed by atoms with Crippen LogP contribution in [-0.4, -0.2) is 22.5 Å². The third-order valence-electron chi connectivity index (χ3n) is 2.19. The number of rotatable bonds is 5. The summed E-state index contributed by atoms with van der Waals surface area (Å²) in [5.74, 6) is -1.71.